The van der Waals surface area contributed by atoms with Crippen LogP contribution < -0.4 is 16.2 Å². The van der Waals surface area contributed by atoms with E-state index in [9.17, 15) is 22.8 Å². The number of benzene rings is 1. The van der Waals surface area contributed by atoms with E-state index in [-0.39, 0.29) is 34.2 Å². The van der Waals surface area contributed by atoms with Crippen LogP contribution in [0.4, 0.5) is 23.7 Å². The van der Waals surface area contributed by atoms with E-state index in [1.54, 1.807) is 13.8 Å². The Morgan fingerprint density at radius 3 is 2.58 bits per heavy atom. The Hall–Kier alpha value is -2.99. The number of fused-ring (bicyclic) bond motifs is 1. The topological polar surface area (TPSA) is 86.9 Å². The minimum absolute atomic E-state index is 0.0259. The number of anilines is 1. The van der Waals surface area contributed by atoms with Crippen LogP contribution in [-0.2, 0) is 12.0 Å². The van der Waals surface area contributed by atoms with Gasteiger partial charge in [0.15, 0.2) is 0 Å². The van der Waals surface area contributed by atoms with Crippen molar-refractivity contribution in [2.45, 2.75) is 44.8 Å². The molecule has 31 heavy (non-hydrogen) atoms. The van der Waals surface area contributed by atoms with Crippen LogP contribution in [-0.4, -0.2) is 22.2 Å². The molecule has 10 heteroatoms. The van der Waals surface area contributed by atoms with Crippen LogP contribution in [0.15, 0.2) is 16.9 Å². The van der Waals surface area contributed by atoms with Gasteiger partial charge in [0, 0.05) is 39.9 Å². The molecular formula is C21H18ClF3N4O2. The molecule has 1 aromatic carbocycles. The maximum Gasteiger partial charge on any atom is 0.427 e. The van der Waals surface area contributed by atoms with Gasteiger partial charge in [-0.25, -0.2) is 9.78 Å². The number of aromatic amines is 1. The Balaban J connectivity index is 1.84. The summed E-state index contributed by atoms with van der Waals surface area (Å²) in [5.41, 5.74) is -2.36. The van der Waals surface area contributed by atoms with Crippen molar-refractivity contribution in [1.82, 2.24) is 15.3 Å². The molecule has 0 unspecified atom stereocenters. The van der Waals surface area contributed by atoms with Crippen molar-refractivity contribution in [3.05, 3.63) is 55.7 Å². The van der Waals surface area contributed by atoms with Crippen LogP contribution in [0, 0.1) is 31.6 Å². The van der Waals surface area contributed by atoms with Crippen molar-refractivity contribution in [2.75, 3.05) is 5.32 Å². The zero-order chi connectivity index (χ0) is 22.6. The third-order valence-electron chi connectivity index (χ3n) is 5.31. The maximum absolute atomic E-state index is 14.2. The van der Waals surface area contributed by atoms with Crippen molar-refractivity contribution >= 4 is 23.3 Å². The van der Waals surface area contributed by atoms with Crippen molar-refractivity contribution in [1.29, 1.82) is 0 Å². The zero-order valence-electron chi connectivity index (χ0n) is 16.6. The van der Waals surface area contributed by atoms with E-state index in [4.69, 9.17) is 11.6 Å². The number of rotatable bonds is 2. The van der Waals surface area contributed by atoms with Gasteiger partial charge in [0.05, 0.1) is 0 Å². The molecule has 0 radical (unpaired) electrons. The molecule has 0 bridgehead atoms. The van der Waals surface area contributed by atoms with Gasteiger partial charge in [0.25, 0.3) is 5.56 Å². The van der Waals surface area contributed by atoms with Crippen LogP contribution in [0.2, 0.25) is 5.02 Å². The molecule has 4 rings (SSSR count). The molecule has 1 atom stereocenters. The Bertz CT molecular complexity index is 1210. The second kappa shape index (κ2) is 7.31. The van der Waals surface area contributed by atoms with Gasteiger partial charge >= 0.3 is 12.2 Å². The lowest BCUT2D eigenvalue weighted by molar-refractivity contribution is -0.178. The molecule has 3 N–H and O–H groups in total. The lowest BCUT2D eigenvalue weighted by atomic mass is 9.85. The van der Waals surface area contributed by atoms with Gasteiger partial charge in [-0.15, -0.1) is 0 Å². The number of hydrogen-bond donors (Lipinski definition) is 3. The Kier molecular flexibility index (Phi) is 5.01. The molecular weight excluding hydrogens is 433 g/mol. The van der Waals surface area contributed by atoms with Crippen LogP contribution >= 0.6 is 11.6 Å². The molecule has 162 valence electrons. The summed E-state index contributed by atoms with van der Waals surface area (Å²) in [7, 11) is 0. The van der Waals surface area contributed by atoms with E-state index >= 15 is 0 Å². The number of nitrogens with one attached hydrogen (secondary N) is 3. The quantitative estimate of drug-likeness (QED) is 0.606. The van der Waals surface area contributed by atoms with Gasteiger partial charge in [-0.05, 0) is 44.4 Å². The summed E-state index contributed by atoms with van der Waals surface area (Å²) >= 11 is 6.35. The molecule has 1 aliphatic carbocycles. The lowest BCUT2D eigenvalue weighted by Crippen LogP contribution is -2.59. The number of aryl methyl sites for hydroxylation is 2. The fourth-order valence-corrected chi connectivity index (χ4v) is 3.77. The smallest absolute Gasteiger partial charge is 0.311 e. The SMILES string of the molecule is Cc1nc(C)c(Cc2cc3c(cc2Cl)[C@](C#CC2CC2)(C(F)(F)F)NC(=O)N3)c(=O)[nH]1. The van der Waals surface area contributed by atoms with Gasteiger partial charge in [0.1, 0.15) is 5.82 Å². The summed E-state index contributed by atoms with van der Waals surface area (Å²) in [5.74, 6) is 5.24. The predicted molar refractivity (Wildman–Crippen MR) is 109 cm³/mol. The molecule has 1 aliphatic heterocycles. The van der Waals surface area contributed by atoms with E-state index in [0.29, 0.717) is 22.6 Å². The number of H-pyrrole nitrogens is 1. The van der Waals surface area contributed by atoms with Crippen molar-refractivity contribution in [3.63, 3.8) is 0 Å². The first kappa shape index (κ1) is 21.2. The summed E-state index contributed by atoms with van der Waals surface area (Å²) in [6, 6.07) is 1.49. The maximum atomic E-state index is 14.2. The molecule has 2 amide bonds. The normalized spacial score (nSPS) is 20.3. The average molecular weight is 451 g/mol. The molecule has 2 heterocycles. The van der Waals surface area contributed by atoms with E-state index in [1.165, 1.54) is 6.07 Å². The number of nitrogens with zero attached hydrogens (tertiary/aromatic N) is 1. The fourth-order valence-electron chi connectivity index (χ4n) is 3.54. The van der Waals surface area contributed by atoms with E-state index in [2.05, 4.69) is 27.1 Å². The number of hydrogen-bond acceptors (Lipinski definition) is 3. The minimum Gasteiger partial charge on any atom is -0.311 e. The molecule has 0 saturated heterocycles. The van der Waals surface area contributed by atoms with Crippen molar-refractivity contribution in [3.8, 4) is 11.8 Å². The van der Waals surface area contributed by atoms with Crippen molar-refractivity contribution < 1.29 is 18.0 Å². The highest BCUT2D eigenvalue weighted by molar-refractivity contribution is 6.31. The number of aromatic nitrogens is 2. The Morgan fingerprint density at radius 1 is 1.26 bits per heavy atom. The summed E-state index contributed by atoms with van der Waals surface area (Å²) < 4.78 is 42.6. The number of alkyl halides is 3. The summed E-state index contributed by atoms with van der Waals surface area (Å²) in [6.07, 6.45) is -3.37. The highest BCUT2D eigenvalue weighted by atomic mass is 35.5. The lowest BCUT2D eigenvalue weighted by Gasteiger charge is -2.37. The second-order valence-electron chi connectivity index (χ2n) is 7.75. The standard InChI is InChI=1S/C21H18ClF3N4O2/c1-10-14(18(30)27-11(2)26-10)7-13-8-17-15(9-16(13)22)20(21(23,24)25,29-19(31)28-17)6-5-12-3-4-12/h8-9,12H,3-4,7H2,1-2H3,(H,26,27,30)(H2,28,29,31)/t20-/m1/s1. The Morgan fingerprint density at radius 2 is 1.97 bits per heavy atom. The molecule has 0 spiro atoms. The zero-order valence-corrected chi connectivity index (χ0v) is 17.4. The number of carbonyl (C=O) groups excluding carboxylic acids is 1. The van der Waals surface area contributed by atoms with E-state index < -0.39 is 17.7 Å². The predicted octanol–water partition coefficient (Wildman–Crippen LogP) is 3.94. The highest BCUT2D eigenvalue weighted by Crippen LogP contribution is 2.46. The first-order chi connectivity index (χ1) is 14.5. The summed E-state index contributed by atoms with van der Waals surface area (Å²) in [6.45, 7) is 3.31. The van der Waals surface area contributed by atoms with Gasteiger partial charge in [-0.1, -0.05) is 23.4 Å². The second-order valence-corrected chi connectivity index (χ2v) is 8.16. The third kappa shape index (κ3) is 3.88. The highest BCUT2D eigenvalue weighted by Gasteiger charge is 2.59. The largest absolute Gasteiger partial charge is 0.427 e. The van der Waals surface area contributed by atoms with Crippen LogP contribution in [0.3, 0.4) is 0 Å². The molecule has 1 aromatic heterocycles. The Labute approximate surface area is 180 Å². The molecule has 1 saturated carbocycles. The minimum atomic E-state index is -4.87. The number of amides is 2. The van der Waals surface area contributed by atoms with Gasteiger partial charge in [0.2, 0.25) is 5.54 Å². The van der Waals surface area contributed by atoms with Crippen molar-refractivity contribution in [2.24, 2.45) is 5.92 Å². The third-order valence-corrected chi connectivity index (χ3v) is 5.67. The first-order valence-electron chi connectivity index (χ1n) is 9.58. The molecule has 2 aromatic rings. The van der Waals surface area contributed by atoms with E-state index in [1.807, 2.05) is 5.32 Å². The van der Waals surface area contributed by atoms with Gasteiger partial charge in [-0.2, -0.15) is 13.2 Å². The molecule has 1 fully saturated rings. The number of urea groups is 1. The van der Waals surface area contributed by atoms with E-state index in [0.717, 1.165) is 18.9 Å². The van der Waals surface area contributed by atoms with Gasteiger partial charge in [-0.3, -0.25) is 4.79 Å². The fraction of sp³-hybridized carbons (Fsp3) is 0.381. The van der Waals surface area contributed by atoms with Crippen LogP contribution in [0.25, 0.3) is 0 Å². The monoisotopic (exact) mass is 450 g/mol. The number of carbonyl (C=O) groups is 1. The van der Waals surface area contributed by atoms with Crippen LogP contribution in [0.5, 0.6) is 0 Å². The number of halogens is 4. The molecule has 6 nitrogen and oxygen atoms in total. The van der Waals surface area contributed by atoms with Crippen LogP contribution in [0.1, 0.15) is 41.1 Å². The average Bonchev–Trinajstić information content (AvgIpc) is 3.47. The summed E-state index contributed by atoms with van der Waals surface area (Å²) in [4.78, 5) is 31.3. The first-order valence-corrected chi connectivity index (χ1v) is 9.96. The molecule has 2 aliphatic rings. The van der Waals surface area contributed by atoms with Gasteiger partial charge < -0.3 is 15.6 Å². The summed E-state index contributed by atoms with van der Waals surface area (Å²) in [5, 5.41) is 4.39.